The second-order valence-corrected chi connectivity index (χ2v) is 7.67. The Morgan fingerprint density at radius 2 is 1.85 bits per heavy atom. The molecule has 0 radical (unpaired) electrons. The maximum absolute atomic E-state index is 13.2. The highest BCUT2D eigenvalue weighted by Crippen LogP contribution is 2.31. The number of hydrogen-bond acceptors (Lipinski definition) is 2. The zero-order valence-corrected chi connectivity index (χ0v) is 16.0. The van der Waals surface area contributed by atoms with Crippen LogP contribution in [0.4, 0.5) is 4.39 Å². The molecule has 0 heterocycles. The normalized spacial score (nSPS) is 16.8. The molecule has 0 aromatic heterocycles. The van der Waals surface area contributed by atoms with Gasteiger partial charge in [0, 0.05) is 24.5 Å². The minimum Gasteiger partial charge on any atom is -0.354 e. The fourth-order valence-electron chi connectivity index (χ4n) is 4.01. The topological polar surface area (TPSA) is 41.1 Å². The first-order chi connectivity index (χ1) is 13.1. The van der Waals surface area contributed by atoms with Gasteiger partial charge in [-0.3, -0.25) is 4.79 Å². The van der Waals surface area contributed by atoms with Gasteiger partial charge >= 0.3 is 0 Å². The van der Waals surface area contributed by atoms with Gasteiger partial charge in [0.2, 0.25) is 5.91 Å². The van der Waals surface area contributed by atoms with Gasteiger partial charge in [0.05, 0.1) is 0 Å². The van der Waals surface area contributed by atoms with E-state index < -0.39 is 0 Å². The maximum atomic E-state index is 13.2. The fraction of sp³-hybridized carbons (Fsp3) is 0.435. The van der Waals surface area contributed by atoms with Crippen LogP contribution in [0.3, 0.4) is 0 Å². The highest BCUT2D eigenvalue weighted by Gasteiger charge is 2.35. The molecule has 3 rings (SSSR count). The average Bonchev–Trinajstić information content (AvgIpc) is 3.14. The molecule has 4 heteroatoms. The third kappa shape index (κ3) is 5.64. The Labute approximate surface area is 161 Å². The van der Waals surface area contributed by atoms with E-state index in [9.17, 15) is 9.18 Å². The summed E-state index contributed by atoms with van der Waals surface area (Å²) < 4.78 is 13.2. The Balaban J connectivity index is 1.52. The van der Waals surface area contributed by atoms with Crippen LogP contribution in [-0.4, -0.2) is 18.0 Å². The standard InChI is InChI=1S/C23H29FN2O/c1-18(20-9-3-2-4-10-20)26-23(14-5-6-15-23)17-25-22(27)13-12-19-8-7-11-21(24)16-19/h2-4,7-11,16,18,26H,5-6,12-15,17H2,1H3,(H,25,27). The van der Waals surface area contributed by atoms with Crippen molar-refractivity contribution in [1.82, 2.24) is 10.6 Å². The molecule has 1 atom stereocenters. The van der Waals surface area contributed by atoms with E-state index >= 15 is 0 Å². The van der Waals surface area contributed by atoms with E-state index in [-0.39, 0.29) is 23.3 Å². The van der Waals surface area contributed by atoms with Gasteiger partial charge in [0.25, 0.3) is 0 Å². The van der Waals surface area contributed by atoms with Crippen LogP contribution in [-0.2, 0) is 11.2 Å². The molecule has 1 aliphatic carbocycles. The number of aryl methyl sites for hydroxylation is 1. The van der Waals surface area contributed by atoms with Gasteiger partial charge < -0.3 is 10.6 Å². The minimum atomic E-state index is -0.253. The zero-order chi connectivity index (χ0) is 19.1. The predicted molar refractivity (Wildman–Crippen MR) is 107 cm³/mol. The van der Waals surface area contributed by atoms with Gasteiger partial charge in [0.1, 0.15) is 5.82 Å². The lowest BCUT2D eigenvalue weighted by molar-refractivity contribution is -0.121. The van der Waals surface area contributed by atoms with Crippen LogP contribution in [0, 0.1) is 5.82 Å². The highest BCUT2D eigenvalue weighted by atomic mass is 19.1. The van der Waals surface area contributed by atoms with Crippen LogP contribution >= 0.6 is 0 Å². The van der Waals surface area contributed by atoms with Crippen molar-refractivity contribution in [2.75, 3.05) is 6.54 Å². The fourth-order valence-corrected chi connectivity index (χ4v) is 4.01. The molecule has 0 spiro atoms. The van der Waals surface area contributed by atoms with E-state index in [1.54, 1.807) is 6.07 Å². The number of hydrogen-bond donors (Lipinski definition) is 2. The summed E-state index contributed by atoms with van der Waals surface area (Å²) in [6.45, 7) is 2.83. The highest BCUT2D eigenvalue weighted by molar-refractivity contribution is 5.76. The SMILES string of the molecule is CC(NC1(CNC(=O)CCc2cccc(F)c2)CCCC1)c1ccccc1. The van der Waals surface area contributed by atoms with Gasteiger partial charge in [-0.1, -0.05) is 55.3 Å². The summed E-state index contributed by atoms with van der Waals surface area (Å²) in [4.78, 5) is 12.3. The number of carbonyl (C=O) groups excluding carboxylic acids is 1. The lowest BCUT2D eigenvalue weighted by atomic mass is 9.94. The Morgan fingerprint density at radius 3 is 2.56 bits per heavy atom. The first-order valence-corrected chi connectivity index (χ1v) is 9.90. The van der Waals surface area contributed by atoms with Crippen LogP contribution in [0.1, 0.15) is 56.2 Å². The molecule has 1 saturated carbocycles. The first kappa shape index (κ1) is 19.6. The molecule has 0 aliphatic heterocycles. The molecule has 2 N–H and O–H groups in total. The van der Waals surface area contributed by atoms with Gasteiger partial charge in [0.15, 0.2) is 0 Å². The van der Waals surface area contributed by atoms with E-state index in [0.29, 0.717) is 19.4 Å². The maximum Gasteiger partial charge on any atom is 0.220 e. The molecule has 3 nitrogen and oxygen atoms in total. The van der Waals surface area contributed by atoms with Crippen molar-refractivity contribution < 1.29 is 9.18 Å². The molecule has 1 unspecified atom stereocenters. The summed E-state index contributed by atoms with van der Waals surface area (Å²) in [6, 6.07) is 17.1. The number of carbonyl (C=O) groups is 1. The first-order valence-electron chi connectivity index (χ1n) is 9.90. The van der Waals surface area contributed by atoms with E-state index in [1.165, 1.54) is 30.5 Å². The summed E-state index contributed by atoms with van der Waals surface area (Å²) in [5.74, 6) is -0.225. The van der Waals surface area contributed by atoms with Crippen LogP contribution in [0.25, 0.3) is 0 Å². The molecule has 144 valence electrons. The van der Waals surface area contributed by atoms with Crippen molar-refractivity contribution >= 4 is 5.91 Å². The van der Waals surface area contributed by atoms with Crippen molar-refractivity contribution in [2.45, 2.75) is 57.0 Å². The molecule has 0 saturated heterocycles. The lowest BCUT2D eigenvalue weighted by Gasteiger charge is -2.34. The predicted octanol–water partition coefficient (Wildman–Crippen LogP) is 4.54. The van der Waals surface area contributed by atoms with Crippen LogP contribution in [0.5, 0.6) is 0 Å². The summed E-state index contributed by atoms with van der Waals surface area (Å²) >= 11 is 0. The third-order valence-electron chi connectivity index (χ3n) is 5.54. The summed E-state index contributed by atoms with van der Waals surface area (Å²) in [6.07, 6.45) is 5.47. The Bertz CT molecular complexity index is 741. The van der Waals surface area contributed by atoms with Crippen molar-refractivity contribution in [3.05, 3.63) is 71.5 Å². The van der Waals surface area contributed by atoms with Gasteiger partial charge in [-0.25, -0.2) is 4.39 Å². The van der Waals surface area contributed by atoms with E-state index in [1.807, 2.05) is 12.1 Å². The van der Waals surface area contributed by atoms with E-state index in [4.69, 9.17) is 0 Å². The number of benzene rings is 2. The molecule has 27 heavy (non-hydrogen) atoms. The molecule has 1 amide bonds. The molecule has 2 aromatic carbocycles. The molecule has 2 aromatic rings. The zero-order valence-electron chi connectivity index (χ0n) is 16.0. The Kier molecular flexibility index (Phi) is 6.62. The smallest absolute Gasteiger partial charge is 0.220 e. The Morgan fingerprint density at radius 1 is 1.11 bits per heavy atom. The summed E-state index contributed by atoms with van der Waals surface area (Å²) in [5, 5.41) is 6.89. The third-order valence-corrected chi connectivity index (χ3v) is 5.54. The number of halogens is 1. The van der Waals surface area contributed by atoms with E-state index in [0.717, 1.165) is 18.4 Å². The largest absolute Gasteiger partial charge is 0.354 e. The second kappa shape index (κ2) is 9.14. The second-order valence-electron chi connectivity index (χ2n) is 7.67. The summed E-state index contributed by atoms with van der Waals surface area (Å²) in [7, 11) is 0. The van der Waals surface area contributed by atoms with Gasteiger partial charge in [-0.2, -0.15) is 0 Å². The van der Waals surface area contributed by atoms with Crippen molar-refractivity contribution in [2.24, 2.45) is 0 Å². The summed E-state index contributed by atoms with van der Waals surface area (Å²) in [5.41, 5.74) is 2.09. The number of nitrogens with one attached hydrogen (secondary N) is 2. The van der Waals surface area contributed by atoms with Crippen LogP contribution < -0.4 is 10.6 Å². The quantitative estimate of drug-likeness (QED) is 0.718. The van der Waals surface area contributed by atoms with Crippen LogP contribution in [0.2, 0.25) is 0 Å². The average molecular weight is 368 g/mol. The van der Waals surface area contributed by atoms with Gasteiger partial charge in [-0.05, 0) is 49.4 Å². The molecular weight excluding hydrogens is 339 g/mol. The molecule has 0 bridgehead atoms. The monoisotopic (exact) mass is 368 g/mol. The van der Waals surface area contributed by atoms with Crippen molar-refractivity contribution in [3.63, 3.8) is 0 Å². The number of rotatable bonds is 8. The Hall–Kier alpha value is -2.20. The molecular formula is C23H29FN2O. The molecule has 1 fully saturated rings. The van der Waals surface area contributed by atoms with Crippen molar-refractivity contribution in [1.29, 1.82) is 0 Å². The van der Waals surface area contributed by atoms with Crippen molar-refractivity contribution in [3.8, 4) is 0 Å². The van der Waals surface area contributed by atoms with E-state index in [2.05, 4.69) is 41.8 Å². The van der Waals surface area contributed by atoms with Crippen LogP contribution in [0.15, 0.2) is 54.6 Å². The molecule has 1 aliphatic rings. The van der Waals surface area contributed by atoms with Gasteiger partial charge in [-0.15, -0.1) is 0 Å². The minimum absolute atomic E-state index is 0.0275. The lowest BCUT2D eigenvalue weighted by Crippen LogP contribution is -2.52. The number of amides is 1.